The molecule has 52 heavy (non-hydrogen) atoms. The molecule has 4 nitrogen and oxygen atoms in total. The first-order valence-corrected chi connectivity index (χ1v) is 27.6. The molecule has 0 aromatic rings. The lowest BCUT2D eigenvalue weighted by Gasteiger charge is -2.63. The molecule has 0 aromatic carbocycles. The van der Waals surface area contributed by atoms with Crippen LogP contribution >= 0.6 is 15.9 Å². The third-order valence-electron chi connectivity index (χ3n) is 16.0. The molecule has 0 bridgehead atoms. The number of ether oxygens (including phenoxy) is 2. The lowest BCUT2D eigenvalue weighted by molar-refractivity contribution is -0.264. The molecule has 4 aliphatic rings. The standard InChI is InChI=1S/C43H79BrF2O4Si2/c1-18-47-29(3)48-40(10,11)43(45,46)24-21-28(2)32-19-20-33-37-34(22-23-41(32,33)12)42(13)30(26-35(37)44)25-31(49-51(14,15)38(4,5)6)27-36(42)50-52(16,17)39(7,8)9/h26,28-29,31-37H,18-25,27H2,1-17H3/t28-,29?,31-,32-,33+,34+,35?,36+,37+,41-,42+/m1/s1. The summed E-state index contributed by atoms with van der Waals surface area (Å²) < 4.78 is 57.5. The van der Waals surface area contributed by atoms with Crippen molar-refractivity contribution >= 4 is 32.6 Å². The van der Waals surface area contributed by atoms with Crippen molar-refractivity contribution in [2.75, 3.05) is 6.61 Å². The van der Waals surface area contributed by atoms with Gasteiger partial charge in [0.05, 0.1) is 12.2 Å². The van der Waals surface area contributed by atoms with Gasteiger partial charge in [-0.1, -0.05) is 89.9 Å². The van der Waals surface area contributed by atoms with Crippen LogP contribution in [0.5, 0.6) is 0 Å². The van der Waals surface area contributed by atoms with Crippen molar-refractivity contribution in [3.63, 3.8) is 0 Å². The van der Waals surface area contributed by atoms with Gasteiger partial charge in [-0.15, -0.1) is 0 Å². The van der Waals surface area contributed by atoms with Gasteiger partial charge in [0.2, 0.25) is 0 Å². The van der Waals surface area contributed by atoms with Crippen molar-refractivity contribution in [1.82, 2.24) is 0 Å². The highest BCUT2D eigenvalue weighted by Crippen LogP contribution is 2.69. The Morgan fingerprint density at radius 3 is 2.02 bits per heavy atom. The van der Waals surface area contributed by atoms with E-state index in [1.807, 2.05) is 6.92 Å². The first kappa shape index (κ1) is 45.1. The molecular formula is C43H79BrF2O4Si2. The van der Waals surface area contributed by atoms with Gasteiger partial charge in [0, 0.05) is 23.3 Å². The van der Waals surface area contributed by atoms with Crippen LogP contribution in [-0.4, -0.2) is 58.1 Å². The number of hydrogen-bond acceptors (Lipinski definition) is 4. The molecule has 0 radical (unpaired) electrons. The minimum Gasteiger partial charge on any atom is -0.414 e. The van der Waals surface area contributed by atoms with Gasteiger partial charge in [-0.3, -0.25) is 0 Å². The lowest BCUT2D eigenvalue weighted by atomic mass is 9.46. The Bertz CT molecular complexity index is 1270. The summed E-state index contributed by atoms with van der Waals surface area (Å²) in [5.41, 5.74) is 0.0443. The summed E-state index contributed by atoms with van der Waals surface area (Å²) in [7, 11) is -4.07. The molecular weight excluding hydrogens is 755 g/mol. The maximum atomic E-state index is 15.7. The maximum Gasteiger partial charge on any atom is 0.276 e. The summed E-state index contributed by atoms with van der Waals surface area (Å²) in [6.45, 7) is 38.1. The van der Waals surface area contributed by atoms with E-state index in [0.29, 0.717) is 41.5 Å². The SMILES string of the molecule is CCOC(C)OC(C)(C)C(F)(F)CC[C@@H](C)[C@H]1CC[C@H]2[C@@H]3C(Br)C=C4C[C@@H](O[Si](C)(C)C(C)(C)C)C[C@H](O[Si](C)(C)C(C)(C)C)[C@]4(C)[C@H]3CC[C@]12C. The third-order valence-corrected chi connectivity index (χ3v) is 25.9. The molecule has 11 atom stereocenters. The molecule has 4 rings (SSSR count). The van der Waals surface area contributed by atoms with E-state index in [4.69, 9.17) is 18.3 Å². The number of halogens is 3. The van der Waals surface area contributed by atoms with Crippen LogP contribution in [0, 0.1) is 40.4 Å². The molecule has 9 heteroatoms. The van der Waals surface area contributed by atoms with E-state index in [0.717, 1.165) is 32.1 Å². The number of rotatable bonds is 13. The zero-order chi connectivity index (χ0) is 39.7. The average molecular weight is 834 g/mol. The molecule has 0 N–H and O–H groups in total. The van der Waals surface area contributed by atoms with E-state index in [-0.39, 0.29) is 45.5 Å². The first-order chi connectivity index (χ1) is 23.4. The van der Waals surface area contributed by atoms with Crippen LogP contribution in [0.15, 0.2) is 11.6 Å². The molecule has 3 saturated carbocycles. The quantitative estimate of drug-likeness (QED) is 0.0802. The van der Waals surface area contributed by atoms with E-state index >= 15 is 8.78 Å². The normalized spacial score (nSPS) is 36.1. The Kier molecular flexibility index (Phi) is 13.2. The second-order valence-corrected chi connectivity index (χ2v) is 32.2. The molecule has 2 unspecified atom stereocenters. The van der Waals surface area contributed by atoms with Gasteiger partial charge in [0.1, 0.15) is 5.60 Å². The largest absolute Gasteiger partial charge is 0.414 e. The van der Waals surface area contributed by atoms with Crippen LogP contribution in [-0.2, 0) is 18.3 Å². The zero-order valence-corrected chi connectivity index (χ0v) is 40.0. The minimum absolute atomic E-state index is 0.0466. The number of hydrogen-bond donors (Lipinski definition) is 0. The van der Waals surface area contributed by atoms with E-state index in [2.05, 4.69) is 111 Å². The summed E-state index contributed by atoms with van der Waals surface area (Å²) >= 11 is 4.31. The Balaban J connectivity index is 1.61. The Labute approximate surface area is 329 Å². The Hall–Kier alpha value is 0.354. The van der Waals surface area contributed by atoms with Crippen molar-refractivity contribution in [2.24, 2.45) is 40.4 Å². The summed E-state index contributed by atoms with van der Waals surface area (Å²) in [6.07, 6.45) is 9.13. The average Bonchev–Trinajstić information content (AvgIpc) is 3.32. The fourth-order valence-electron chi connectivity index (χ4n) is 10.6. The van der Waals surface area contributed by atoms with E-state index in [1.54, 1.807) is 12.5 Å². The first-order valence-electron chi connectivity index (χ1n) is 20.8. The van der Waals surface area contributed by atoms with Crippen LogP contribution in [0.4, 0.5) is 8.78 Å². The Morgan fingerprint density at radius 2 is 1.46 bits per heavy atom. The molecule has 0 aliphatic heterocycles. The van der Waals surface area contributed by atoms with Gasteiger partial charge in [-0.25, -0.2) is 8.78 Å². The highest BCUT2D eigenvalue weighted by Gasteiger charge is 2.64. The van der Waals surface area contributed by atoms with Gasteiger partial charge in [-0.2, -0.15) is 0 Å². The highest BCUT2D eigenvalue weighted by molar-refractivity contribution is 9.09. The zero-order valence-electron chi connectivity index (χ0n) is 36.4. The molecule has 3 fully saturated rings. The molecule has 4 aliphatic carbocycles. The second kappa shape index (κ2) is 15.3. The summed E-state index contributed by atoms with van der Waals surface area (Å²) in [6, 6.07) is 0. The lowest BCUT2D eigenvalue weighted by Crippen LogP contribution is -2.61. The van der Waals surface area contributed by atoms with Crippen LogP contribution in [0.25, 0.3) is 0 Å². The van der Waals surface area contributed by atoms with Crippen molar-refractivity contribution in [1.29, 1.82) is 0 Å². The Morgan fingerprint density at radius 1 is 0.885 bits per heavy atom. The van der Waals surface area contributed by atoms with E-state index in [1.165, 1.54) is 20.3 Å². The molecule has 0 amide bonds. The van der Waals surface area contributed by atoms with Crippen molar-refractivity contribution in [2.45, 2.75) is 212 Å². The van der Waals surface area contributed by atoms with Gasteiger partial charge >= 0.3 is 0 Å². The predicted molar refractivity (Wildman–Crippen MR) is 222 cm³/mol. The van der Waals surface area contributed by atoms with E-state index < -0.39 is 34.4 Å². The predicted octanol–water partition coefficient (Wildman–Crippen LogP) is 13.6. The van der Waals surface area contributed by atoms with Crippen LogP contribution in [0.3, 0.4) is 0 Å². The van der Waals surface area contributed by atoms with Gasteiger partial charge in [0.15, 0.2) is 22.9 Å². The smallest absolute Gasteiger partial charge is 0.276 e. The van der Waals surface area contributed by atoms with Crippen molar-refractivity contribution in [3.05, 3.63) is 11.6 Å². The van der Waals surface area contributed by atoms with Crippen LogP contribution in [0.1, 0.15) is 141 Å². The maximum absolute atomic E-state index is 15.7. The van der Waals surface area contributed by atoms with Crippen LogP contribution < -0.4 is 0 Å². The van der Waals surface area contributed by atoms with Crippen molar-refractivity contribution < 1.29 is 27.1 Å². The summed E-state index contributed by atoms with van der Waals surface area (Å²) in [5.74, 6) is -0.722. The summed E-state index contributed by atoms with van der Waals surface area (Å²) in [4.78, 5) is 0.300. The monoisotopic (exact) mass is 832 g/mol. The molecule has 0 aromatic heterocycles. The second-order valence-electron chi connectivity index (χ2n) is 21.6. The third kappa shape index (κ3) is 8.47. The van der Waals surface area contributed by atoms with Crippen molar-refractivity contribution in [3.8, 4) is 0 Å². The van der Waals surface area contributed by atoms with E-state index in [9.17, 15) is 0 Å². The van der Waals surface area contributed by atoms with Crippen LogP contribution in [0.2, 0.25) is 36.3 Å². The number of fused-ring (bicyclic) bond motifs is 5. The molecule has 304 valence electrons. The highest BCUT2D eigenvalue weighted by atomic mass is 79.9. The molecule has 0 saturated heterocycles. The summed E-state index contributed by atoms with van der Waals surface area (Å²) in [5, 5.41) is 0.270. The molecule has 0 heterocycles. The fourth-order valence-corrected chi connectivity index (χ4v) is 14.5. The van der Waals surface area contributed by atoms with Gasteiger partial charge in [-0.05, 0) is 144 Å². The molecule has 0 spiro atoms. The number of alkyl halides is 3. The van der Waals surface area contributed by atoms with Gasteiger partial charge in [0.25, 0.3) is 5.92 Å². The topological polar surface area (TPSA) is 36.9 Å². The number of allylic oxidation sites excluding steroid dienone is 1. The fraction of sp³-hybridized carbons (Fsp3) is 0.953. The minimum atomic E-state index is -2.95. The van der Waals surface area contributed by atoms with Gasteiger partial charge < -0.3 is 18.3 Å².